The van der Waals surface area contributed by atoms with E-state index < -0.39 is 0 Å². The van der Waals surface area contributed by atoms with Crippen molar-refractivity contribution in [2.24, 2.45) is 11.8 Å². The van der Waals surface area contributed by atoms with Crippen LogP contribution in [0.15, 0.2) is 0 Å². The normalized spacial score (nSPS) is 13.8. The van der Waals surface area contributed by atoms with E-state index in [1.54, 1.807) is 7.11 Å². The molecule has 0 spiro atoms. The monoisotopic (exact) mass is 172 g/mol. The second-order valence-corrected chi connectivity index (χ2v) is 4.21. The molecule has 0 aliphatic carbocycles. The van der Waals surface area contributed by atoms with Gasteiger partial charge in [0.1, 0.15) is 0 Å². The first-order valence-electron chi connectivity index (χ1n) is 5.15. The summed E-state index contributed by atoms with van der Waals surface area (Å²) in [5.41, 5.74) is 0. The second-order valence-electron chi connectivity index (χ2n) is 4.21. The van der Waals surface area contributed by atoms with Crippen LogP contribution in [0.25, 0.3) is 0 Å². The third kappa shape index (κ3) is 8.06. The van der Waals surface area contributed by atoms with E-state index in [1.165, 1.54) is 25.7 Å². The Morgan fingerprint density at radius 3 is 2.17 bits per heavy atom. The molecule has 0 heterocycles. The van der Waals surface area contributed by atoms with Crippen LogP contribution in [-0.4, -0.2) is 13.7 Å². The first-order valence-corrected chi connectivity index (χ1v) is 5.15. The van der Waals surface area contributed by atoms with E-state index in [0.717, 1.165) is 18.4 Å². The van der Waals surface area contributed by atoms with Crippen molar-refractivity contribution in [2.45, 2.75) is 46.5 Å². The van der Waals surface area contributed by atoms with Crippen molar-refractivity contribution in [1.82, 2.24) is 0 Å². The Labute approximate surface area is 77.5 Å². The summed E-state index contributed by atoms with van der Waals surface area (Å²) in [5, 5.41) is 0. The molecule has 1 unspecified atom stereocenters. The lowest BCUT2D eigenvalue weighted by Gasteiger charge is -2.11. The van der Waals surface area contributed by atoms with E-state index in [9.17, 15) is 0 Å². The van der Waals surface area contributed by atoms with Crippen molar-refractivity contribution in [3.63, 3.8) is 0 Å². The predicted molar refractivity (Wildman–Crippen MR) is 54.3 cm³/mol. The molecule has 0 aliphatic rings. The number of hydrogen-bond acceptors (Lipinski definition) is 1. The summed E-state index contributed by atoms with van der Waals surface area (Å²) < 4.78 is 5.04. The van der Waals surface area contributed by atoms with Crippen LogP contribution in [0, 0.1) is 11.8 Å². The highest BCUT2D eigenvalue weighted by Crippen LogP contribution is 2.14. The molecule has 0 radical (unpaired) electrons. The highest BCUT2D eigenvalue weighted by Gasteiger charge is 2.02. The van der Waals surface area contributed by atoms with Gasteiger partial charge in [-0.3, -0.25) is 0 Å². The topological polar surface area (TPSA) is 9.23 Å². The molecule has 0 aromatic rings. The molecule has 1 atom stereocenters. The van der Waals surface area contributed by atoms with Crippen LogP contribution in [-0.2, 0) is 4.74 Å². The van der Waals surface area contributed by atoms with Crippen molar-refractivity contribution in [1.29, 1.82) is 0 Å². The maximum atomic E-state index is 5.04. The van der Waals surface area contributed by atoms with Crippen LogP contribution in [0.2, 0.25) is 0 Å². The summed E-state index contributed by atoms with van der Waals surface area (Å²) in [6, 6.07) is 0. The van der Waals surface area contributed by atoms with Crippen LogP contribution in [0.5, 0.6) is 0 Å². The predicted octanol–water partition coefficient (Wildman–Crippen LogP) is 3.49. The Hall–Kier alpha value is -0.0400. The van der Waals surface area contributed by atoms with E-state index in [1.807, 2.05) is 0 Å². The van der Waals surface area contributed by atoms with Gasteiger partial charge in [-0.2, -0.15) is 0 Å². The minimum atomic E-state index is 0.837. The molecule has 0 rings (SSSR count). The molecule has 12 heavy (non-hydrogen) atoms. The third-order valence-corrected chi connectivity index (χ3v) is 2.29. The largest absolute Gasteiger partial charge is 0.385 e. The van der Waals surface area contributed by atoms with Crippen molar-refractivity contribution < 1.29 is 4.74 Å². The van der Waals surface area contributed by atoms with Gasteiger partial charge in [0.2, 0.25) is 0 Å². The number of hydrogen-bond donors (Lipinski definition) is 0. The quantitative estimate of drug-likeness (QED) is 0.571. The summed E-state index contributed by atoms with van der Waals surface area (Å²) in [5.74, 6) is 1.70. The lowest BCUT2D eigenvalue weighted by atomic mass is 9.98. The number of methoxy groups -OCH3 is 1. The molecule has 1 heteroatoms. The highest BCUT2D eigenvalue weighted by molar-refractivity contribution is 4.54. The average molecular weight is 172 g/mol. The van der Waals surface area contributed by atoms with Gasteiger partial charge in [0, 0.05) is 13.7 Å². The van der Waals surface area contributed by atoms with Crippen molar-refractivity contribution in [2.75, 3.05) is 13.7 Å². The van der Waals surface area contributed by atoms with E-state index in [2.05, 4.69) is 20.8 Å². The van der Waals surface area contributed by atoms with Gasteiger partial charge >= 0.3 is 0 Å². The third-order valence-electron chi connectivity index (χ3n) is 2.29. The van der Waals surface area contributed by atoms with Gasteiger partial charge < -0.3 is 4.74 Å². The lowest BCUT2D eigenvalue weighted by Crippen LogP contribution is -2.00. The van der Waals surface area contributed by atoms with Gasteiger partial charge in [0.25, 0.3) is 0 Å². The van der Waals surface area contributed by atoms with Crippen LogP contribution >= 0.6 is 0 Å². The molecular formula is C11H24O. The Kier molecular flexibility index (Phi) is 7.58. The summed E-state index contributed by atoms with van der Waals surface area (Å²) in [6.45, 7) is 7.82. The fourth-order valence-electron chi connectivity index (χ4n) is 1.34. The Balaban J connectivity index is 3.13. The SMILES string of the molecule is COCCC(C)CCCC(C)C. The maximum Gasteiger partial charge on any atom is 0.0464 e. The molecular weight excluding hydrogens is 148 g/mol. The van der Waals surface area contributed by atoms with Gasteiger partial charge in [-0.15, -0.1) is 0 Å². The first kappa shape index (κ1) is 12.0. The minimum absolute atomic E-state index is 0.837. The van der Waals surface area contributed by atoms with Gasteiger partial charge in [0.15, 0.2) is 0 Å². The molecule has 0 aliphatic heterocycles. The molecule has 0 saturated heterocycles. The Morgan fingerprint density at radius 1 is 1.00 bits per heavy atom. The number of ether oxygens (including phenoxy) is 1. The van der Waals surface area contributed by atoms with Crippen molar-refractivity contribution in [3.8, 4) is 0 Å². The number of rotatable bonds is 7. The zero-order chi connectivity index (χ0) is 9.40. The summed E-state index contributed by atoms with van der Waals surface area (Å²) in [4.78, 5) is 0. The molecule has 0 fully saturated rings. The highest BCUT2D eigenvalue weighted by atomic mass is 16.5. The standard InChI is InChI=1S/C11H24O/c1-10(2)6-5-7-11(3)8-9-12-4/h10-11H,5-9H2,1-4H3. The molecule has 74 valence electrons. The smallest absolute Gasteiger partial charge is 0.0464 e. The lowest BCUT2D eigenvalue weighted by molar-refractivity contribution is 0.177. The second kappa shape index (κ2) is 7.60. The van der Waals surface area contributed by atoms with E-state index in [4.69, 9.17) is 4.74 Å². The van der Waals surface area contributed by atoms with Crippen molar-refractivity contribution in [3.05, 3.63) is 0 Å². The van der Waals surface area contributed by atoms with E-state index in [0.29, 0.717) is 0 Å². The fourth-order valence-corrected chi connectivity index (χ4v) is 1.34. The fraction of sp³-hybridized carbons (Fsp3) is 1.00. The summed E-state index contributed by atoms with van der Waals surface area (Å²) in [7, 11) is 1.78. The minimum Gasteiger partial charge on any atom is -0.385 e. The average Bonchev–Trinajstić information content (AvgIpc) is 2.00. The molecule has 0 saturated carbocycles. The first-order chi connectivity index (χ1) is 5.66. The summed E-state index contributed by atoms with van der Waals surface area (Å²) >= 11 is 0. The molecule has 0 aromatic carbocycles. The molecule has 0 amide bonds. The zero-order valence-corrected chi connectivity index (χ0v) is 9.10. The zero-order valence-electron chi connectivity index (χ0n) is 9.10. The Morgan fingerprint density at radius 2 is 1.67 bits per heavy atom. The van der Waals surface area contributed by atoms with Gasteiger partial charge in [0.05, 0.1) is 0 Å². The van der Waals surface area contributed by atoms with Crippen LogP contribution in [0.4, 0.5) is 0 Å². The van der Waals surface area contributed by atoms with Gasteiger partial charge in [-0.1, -0.05) is 40.0 Å². The van der Waals surface area contributed by atoms with E-state index >= 15 is 0 Å². The summed E-state index contributed by atoms with van der Waals surface area (Å²) in [6.07, 6.45) is 5.33. The molecule has 1 nitrogen and oxygen atoms in total. The molecule has 0 N–H and O–H groups in total. The molecule has 0 aromatic heterocycles. The van der Waals surface area contributed by atoms with Crippen LogP contribution in [0.3, 0.4) is 0 Å². The van der Waals surface area contributed by atoms with Gasteiger partial charge in [-0.25, -0.2) is 0 Å². The maximum absolute atomic E-state index is 5.04. The molecule has 0 bridgehead atoms. The van der Waals surface area contributed by atoms with Crippen molar-refractivity contribution >= 4 is 0 Å². The van der Waals surface area contributed by atoms with Gasteiger partial charge in [-0.05, 0) is 18.3 Å². The van der Waals surface area contributed by atoms with E-state index in [-0.39, 0.29) is 0 Å². The Bertz CT molecular complexity index is 89.0. The van der Waals surface area contributed by atoms with Crippen LogP contribution in [0.1, 0.15) is 46.5 Å². The van der Waals surface area contributed by atoms with Crippen LogP contribution < -0.4 is 0 Å².